The van der Waals surface area contributed by atoms with Gasteiger partial charge in [0.15, 0.2) is 5.78 Å². The minimum absolute atomic E-state index is 0.165. The van der Waals surface area contributed by atoms with E-state index >= 15 is 0 Å². The summed E-state index contributed by atoms with van der Waals surface area (Å²) in [5.74, 6) is 2.62. The number of Topliss-reactive ketones (excluding diaryl/α,β-unsaturated/α-hetero) is 1. The van der Waals surface area contributed by atoms with Crippen molar-refractivity contribution in [3.63, 3.8) is 0 Å². The summed E-state index contributed by atoms with van der Waals surface area (Å²) in [4.78, 5) is 12.2. The van der Waals surface area contributed by atoms with Crippen molar-refractivity contribution in [1.29, 1.82) is 0 Å². The maximum Gasteiger partial charge on any atom is 0.151 e. The Kier molecular flexibility index (Phi) is 4.56. The van der Waals surface area contributed by atoms with Crippen molar-refractivity contribution in [1.82, 2.24) is 9.78 Å². The predicted octanol–water partition coefficient (Wildman–Crippen LogP) is 2.25. The molecule has 2 unspecified atom stereocenters. The highest BCUT2D eigenvalue weighted by molar-refractivity contribution is 8.07. The summed E-state index contributed by atoms with van der Waals surface area (Å²) >= 11 is 3.73. The average Bonchev–Trinajstić information content (AvgIpc) is 2.77. The van der Waals surface area contributed by atoms with Crippen LogP contribution < -0.4 is 0 Å². The zero-order chi connectivity index (χ0) is 12.3. The van der Waals surface area contributed by atoms with Crippen LogP contribution in [0.15, 0.2) is 12.4 Å². The standard InChI is InChI=1S/C12H18N2OS2/c1-3-14-8-10(7-13-14)6-11(15)12-9(2)16-4-5-17-12/h7-9,12H,3-6H2,1-2H3. The van der Waals surface area contributed by atoms with Crippen molar-refractivity contribution in [3.8, 4) is 0 Å². The van der Waals surface area contributed by atoms with Crippen LogP contribution in [0.4, 0.5) is 0 Å². The molecule has 0 saturated carbocycles. The normalized spacial score (nSPS) is 24.8. The van der Waals surface area contributed by atoms with Crippen molar-refractivity contribution >= 4 is 29.3 Å². The first-order valence-corrected chi connectivity index (χ1v) is 8.07. The summed E-state index contributed by atoms with van der Waals surface area (Å²) in [7, 11) is 0. The van der Waals surface area contributed by atoms with Gasteiger partial charge >= 0.3 is 0 Å². The lowest BCUT2D eigenvalue weighted by Crippen LogP contribution is -2.32. The van der Waals surface area contributed by atoms with Crippen molar-refractivity contribution in [2.24, 2.45) is 0 Å². The Morgan fingerprint density at radius 2 is 2.29 bits per heavy atom. The first-order valence-electron chi connectivity index (χ1n) is 5.98. The number of ketones is 1. The summed E-state index contributed by atoms with van der Waals surface area (Å²) in [6, 6.07) is 0. The van der Waals surface area contributed by atoms with Gasteiger partial charge in [-0.2, -0.15) is 16.9 Å². The van der Waals surface area contributed by atoms with Gasteiger partial charge in [0, 0.05) is 35.9 Å². The van der Waals surface area contributed by atoms with E-state index in [0.717, 1.165) is 17.9 Å². The molecule has 0 bridgehead atoms. The van der Waals surface area contributed by atoms with E-state index in [0.29, 0.717) is 17.5 Å². The number of nitrogens with zero attached hydrogens (tertiary/aromatic N) is 2. The number of aromatic nitrogens is 2. The molecule has 1 fully saturated rings. The predicted molar refractivity (Wildman–Crippen MR) is 74.8 cm³/mol. The fourth-order valence-corrected chi connectivity index (χ4v) is 4.69. The summed E-state index contributed by atoms with van der Waals surface area (Å²) in [6.07, 6.45) is 4.32. The number of carbonyl (C=O) groups is 1. The molecule has 0 amide bonds. The fraction of sp³-hybridized carbons (Fsp3) is 0.667. The molecule has 5 heteroatoms. The minimum atomic E-state index is 0.165. The Bertz CT molecular complexity index is 392. The van der Waals surface area contributed by atoms with Gasteiger partial charge in [-0.1, -0.05) is 6.92 Å². The first-order chi connectivity index (χ1) is 8.20. The number of hydrogen-bond donors (Lipinski definition) is 0. The molecule has 2 heterocycles. The second-order valence-corrected chi connectivity index (χ2v) is 6.95. The second-order valence-electron chi connectivity index (χ2n) is 4.21. The number of aryl methyl sites for hydroxylation is 1. The average molecular weight is 270 g/mol. The lowest BCUT2D eigenvalue weighted by atomic mass is 10.1. The third-order valence-electron chi connectivity index (χ3n) is 2.89. The lowest BCUT2D eigenvalue weighted by Gasteiger charge is -2.26. The number of thioether (sulfide) groups is 2. The molecule has 0 N–H and O–H groups in total. The highest BCUT2D eigenvalue weighted by Gasteiger charge is 2.28. The van der Waals surface area contributed by atoms with Crippen molar-refractivity contribution in [3.05, 3.63) is 18.0 Å². The summed E-state index contributed by atoms with van der Waals surface area (Å²) in [6.45, 7) is 5.07. The molecule has 2 atom stereocenters. The van der Waals surface area contributed by atoms with Gasteiger partial charge in [0.25, 0.3) is 0 Å². The number of hydrogen-bond acceptors (Lipinski definition) is 4. The quantitative estimate of drug-likeness (QED) is 0.840. The Labute approximate surface area is 111 Å². The zero-order valence-corrected chi connectivity index (χ0v) is 11.9. The Hall–Kier alpha value is -0.420. The molecule has 1 aromatic heterocycles. The van der Waals surface area contributed by atoms with Crippen LogP contribution in [0.2, 0.25) is 0 Å². The van der Waals surface area contributed by atoms with Crippen molar-refractivity contribution in [2.75, 3.05) is 11.5 Å². The van der Waals surface area contributed by atoms with E-state index in [2.05, 4.69) is 12.0 Å². The van der Waals surface area contributed by atoms with E-state index in [1.165, 1.54) is 5.75 Å². The summed E-state index contributed by atoms with van der Waals surface area (Å²) in [5.41, 5.74) is 1.04. The molecule has 1 aliphatic rings. The minimum Gasteiger partial charge on any atom is -0.298 e. The van der Waals surface area contributed by atoms with Crippen molar-refractivity contribution < 1.29 is 4.79 Å². The van der Waals surface area contributed by atoms with Crippen LogP contribution in [0.5, 0.6) is 0 Å². The molecule has 1 saturated heterocycles. The molecule has 1 aliphatic heterocycles. The van der Waals surface area contributed by atoms with Crippen LogP contribution >= 0.6 is 23.5 Å². The summed E-state index contributed by atoms with van der Waals surface area (Å²) in [5, 5.41) is 4.82. The van der Waals surface area contributed by atoms with Gasteiger partial charge in [0.1, 0.15) is 0 Å². The monoisotopic (exact) mass is 270 g/mol. The van der Waals surface area contributed by atoms with Crippen LogP contribution in [0.1, 0.15) is 19.4 Å². The van der Waals surface area contributed by atoms with Gasteiger partial charge in [-0.15, -0.1) is 11.8 Å². The van der Waals surface area contributed by atoms with Crippen LogP contribution in [-0.4, -0.2) is 37.6 Å². The molecule has 1 aromatic rings. The molecule has 2 rings (SSSR count). The third kappa shape index (κ3) is 3.28. The molecule has 17 heavy (non-hydrogen) atoms. The van der Waals surface area contributed by atoms with Gasteiger partial charge in [-0.25, -0.2) is 0 Å². The van der Waals surface area contributed by atoms with E-state index in [4.69, 9.17) is 0 Å². The number of rotatable bonds is 4. The smallest absolute Gasteiger partial charge is 0.151 e. The maximum absolute atomic E-state index is 12.2. The second kappa shape index (κ2) is 5.96. The van der Waals surface area contributed by atoms with Gasteiger partial charge in [-0.05, 0) is 12.5 Å². The molecular weight excluding hydrogens is 252 g/mol. The van der Waals surface area contributed by atoms with Gasteiger partial charge in [0.05, 0.1) is 11.4 Å². The molecule has 3 nitrogen and oxygen atoms in total. The highest BCUT2D eigenvalue weighted by atomic mass is 32.2. The molecule has 0 aromatic carbocycles. The third-order valence-corrected chi connectivity index (χ3v) is 6.03. The summed E-state index contributed by atoms with van der Waals surface area (Å²) < 4.78 is 1.87. The Morgan fingerprint density at radius 1 is 1.53 bits per heavy atom. The van der Waals surface area contributed by atoms with Crippen LogP contribution in [-0.2, 0) is 17.8 Å². The van der Waals surface area contributed by atoms with Crippen molar-refractivity contribution in [2.45, 2.75) is 37.3 Å². The van der Waals surface area contributed by atoms with Gasteiger partial charge < -0.3 is 0 Å². The largest absolute Gasteiger partial charge is 0.298 e. The van der Waals surface area contributed by atoms with E-state index in [1.54, 1.807) is 0 Å². The lowest BCUT2D eigenvalue weighted by molar-refractivity contribution is -0.117. The molecule has 0 aliphatic carbocycles. The van der Waals surface area contributed by atoms with Crippen LogP contribution in [0.25, 0.3) is 0 Å². The SMILES string of the molecule is CCn1cc(CC(=O)C2SCCSC2C)cn1. The van der Waals surface area contributed by atoms with Crippen LogP contribution in [0.3, 0.4) is 0 Å². The Balaban J connectivity index is 1.95. The molecule has 0 spiro atoms. The fourth-order valence-electron chi connectivity index (χ4n) is 1.96. The zero-order valence-electron chi connectivity index (χ0n) is 10.3. The van der Waals surface area contributed by atoms with Gasteiger partial charge in [0.2, 0.25) is 0 Å². The highest BCUT2D eigenvalue weighted by Crippen LogP contribution is 2.32. The van der Waals surface area contributed by atoms with E-state index in [-0.39, 0.29) is 5.25 Å². The van der Waals surface area contributed by atoms with E-state index < -0.39 is 0 Å². The molecule has 94 valence electrons. The first kappa shape index (κ1) is 13.0. The maximum atomic E-state index is 12.2. The van der Waals surface area contributed by atoms with E-state index in [1.807, 2.05) is 47.5 Å². The molecular formula is C12H18N2OS2. The van der Waals surface area contributed by atoms with Crippen LogP contribution in [0, 0.1) is 0 Å². The topological polar surface area (TPSA) is 34.9 Å². The number of carbonyl (C=O) groups excluding carboxylic acids is 1. The van der Waals surface area contributed by atoms with Gasteiger partial charge in [-0.3, -0.25) is 9.48 Å². The molecule has 0 radical (unpaired) electrons. The van der Waals surface area contributed by atoms with E-state index in [9.17, 15) is 4.79 Å². The Morgan fingerprint density at radius 3 is 2.94 bits per heavy atom.